The minimum Gasteiger partial charge on any atom is -0.355 e. The number of carbonyl (C=O) groups excluding carboxylic acids is 2. The quantitative estimate of drug-likeness (QED) is 0.817. The lowest BCUT2D eigenvalue weighted by Gasteiger charge is -2.38. The summed E-state index contributed by atoms with van der Waals surface area (Å²) in [6, 6.07) is 5.82. The molecular weight excluding hydrogens is 357 g/mol. The average molecular weight is 387 g/mol. The highest BCUT2D eigenvalue weighted by atomic mass is 19.1. The first-order valence-corrected chi connectivity index (χ1v) is 10.5. The van der Waals surface area contributed by atoms with Gasteiger partial charge < -0.3 is 15.1 Å². The molecule has 152 valence electrons. The number of nitrogens with one attached hydrogen (secondary N) is 1. The van der Waals surface area contributed by atoms with Gasteiger partial charge in [0.15, 0.2) is 0 Å². The van der Waals surface area contributed by atoms with Gasteiger partial charge in [-0.25, -0.2) is 4.39 Å². The summed E-state index contributed by atoms with van der Waals surface area (Å²) in [5, 5.41) is 3.20. The predicted octanol–water partition coefficient (Wildman–Crippen LogP) is 2.73. The van der Waals surface area contributed by atoms with Crippen LogP contribution in [0.25, 0.3) is 0 Å². The van der Waals surface area contributed by atoms with Gasteiger partial charge in [0.2, 0.25) is 11.8 Å². The summed E-state index contributed by atoms with van der Waals surface area (Å²) in [5.41, 5.74) is 1.05. The average Bonchev–Trinajstić information content (AvgIpc) is 3.26. The Morgan fingerprint density at radius 2 is 1.89 bits per heavy atom. The smallest absolute Gasteiger partial charge is 0.225 e. The predicted molar refractivity (Wildman–Crippen MR) is 105 cm³/mol. The van der Waals surface area contributed by atoms with Crippen molar-refractivity contribution in [1.29, 1.82) is 0 Å². The van der Waals surface area contributed by atoms with Gasteiger partial charge in [-0.1, -0.05) is 12.1 Å². The van der Waals surface area contributed by atoms with Crippen LogP contribution in [0.4, 0.5) is 4.39 Å². The van der Waals surface area contributed by atoms with E-state index in [1.807, 2.05) is 0 Å². The van der Waals surface area contributed by atoms with Crippen LogP contribution in [0.5, 0.6) is 0 Å². The molecule has 4 rings (SSSR count). The van der Waals surface area contributed by atoms with Crippen LogP contribution in [0.15, 0.2) is 24.3 Å². The lowest BCUT2D eigenvalue weighted by molar-refractivity contribution is -0.141. The number of amides is 2. The summed E-state index contributed by atoms with van der Waals surface area (Å²) in [5.74, 6) is -0.560. The normalized spacial score (nSPS) is 27.1. The molecule has 2 unspecified atom stereocenters. The van der Waals surface area contributed by atoms with E-state index in [4.69, 9.17) is 0 Å². The van der Waals surface area contributed by atoms with Crippen molar-refractivity contribution in [3.8, 4) is 0 Å². The van der Waals surface area contributed by atoms with E-state index < -0.39 is 0 Å². The minimum atomic E-state index is -0.337. The number of rotatable bonds is 6. The highest BCUT2D eigenvalue weighted by Crippen LogP contribution is 2.46. The molecule has 2 amide bonds. The fourth-order valence-corrected chi connectivity index (χ4v) is 4.82. The molecule has 2 atom stereocenters. The fraction of sp³-hybridized carbons (Fsp3) is 0.636. The van der Waals surface area contributed by atoms with Crippen LogP contribution in [0.3, 0.4) is 0 Å². The van der Waals surface area contributed by atoms with Crippen molar-refractivity contribution in [2.75, 3.05) is 33.2 Å². The van der Waals surface area contributed by atoms with E-state index in [9.17, 15) is 14.0 Å². The number of benzene rings is 1. The Balaban J connectivity index is 1.42. The van der Waals surface area contributed by atoms with Gasteiger partial charge >= 0.3 is 0 Å². The first-order valence-electron chi connectivity index (χ1n) is 10.5. The molecule has 1 aliphatic carbocycles. The maximum absolute atomic E-state index is 13.3. The molecule has 1 N–H and O–H groups in total. The van der Waals surface area contributed by atoms with Crippen molar-refractivity contribution in [2.24, 2.45) is 11.3 Å². The maximum atomic E-state index is 13.3. The summed E-state index contributed by atoms with van der Waals surface area (Å²) < 4.78 is 13.3. The second kappa shape index (κ2) is 7.82. The minimum absolute atomic E-state index is 0.0152. The van der Waals surface area contributed by atoms with Crippen LogP contribution in [0.2, 0.25) is 0 Å². The molecule has 1 aromatic carbocycles. The van der Waals surface area contributed by atoms with Gasteiger partial charge in [-0.2, -0.15) is 0 Å². The highest BCUT2D eigenvalue weighted by Gasteiger charge is 2.45. The first-order chi connectivity index (χ1) is 13.5. The van der Waals surface area contributed by atoms with Gasteiger partial charge in [-0.3, -0.25) is 9.59 Å². The molecule has 3 fully saturated rings. The van der Waals surface area contributed by atoms with E-state index in [2.05, 4.69) is 10.2 Å². The van der Waals surface area contributed by atoms with Crippen LogP contribution < -0.4 is 5.32 Å². The molecule has 6 heteroatoms. The standard InChI is InChI=1S/C22H30FN3O2/c1-25-19(27)9-8-18(20(25)16-4-6-17(23)7-5-16)21(28)24-14-22(10-11-22)15-26-12-2-3-13-26/h4-7,18,20H,2-3,8-15H2,1H3,(H,24,28). The molecule has 1 saturated carbocycles. The largest absolute Gasteiger partial charge is 0.355 e. The summed E-state index contributed by atoms with van der Waals surface area (Å²) >= 11 is 0. The van der Waals surface area contributed by atoms with Gasteiger partial charge in [0.25, 0.3) is 0 Å². The molecular formula is C22H30FN3O2. The molecule has 0 aromatic heterocycles. The SMILES string of the molecule is CN1C(=O)CCC(C(=O)NCC2(CN3CCCC3)CC2)C1c1ccc(F)cc1. The van der Waals surface area contributed by atoms with Crippen LogP contribution in [-0.2, 0) is 9.59 Å². The number of carbonyl (C=O) groups is 2. The lowest BCUT2D eigenvalue weighted by Crippen LogP contribution is -2.47. The summed E-state index contributed by atoms with van der Waals surface area (Å²) in [7, 11) is 1.74. The number of halogens is 1. The van der Waals surface area contributed by atoms with Crippen molar-refractivity contribution in [3.63, 3.8) is 0 Å². The molecule has 3 aliphatic rings. The molecule has 0 radical (unpaired) electrons. The maximum Gasteiger partial charge on any atom is 0.225 e. The Morgan fingerprint density at radius 1 is 1.21 bits per heavy atom. The highest BCUT2D eigenvalue weighted by molar-refractivity contribution is 5.85. The fourth-order valence-electron chi connectivity index (χ4n) is 4.82. The Morgan fingerprint density at radius 3 is 2.54 bits per heavy atom. The topological polar surface area (TPSA) is 52.7 Å². The van der Waals surface area contributed by atoms with Gasteiger partial charge in [-0.15, -0.1) is 0 Å². The zero-order valence-electron chi connectivity index (χ0n) is 16.6. The zero-order chi connectivity index (χ0) is 19.7. The molecule has 2 saturated heterocycles. The molecule has 2 heterocycles. The third-order valence-electron chi connectivity index (χ3n) is 6.76. The van der Waals surface area contributed by atoms with E-state index in [0.717, 1.165) is 12.1 Å². The third kappa shape index (κ3) is 4.07. The second-order valence-electron chi connectivity index (χ2n) is 8.85. The van der Waals surface area contributed by atoms with E-state index in [-0.39, 0.29) is 35.0 Å². The van der Waals surface area contributed by atoms with Crippen molar-refractivity contribution >= 4 is 11.8 Å². The van der Waals surface area contributed by atoms with Crippen LogP contribution in [0, 0.1) is 17.2 Å². The Bertz CT molecular complexity index is 726. The first kappa shape index (κ1) is 19.4. The van der Waals surface area contributed by atoms with E-state index in [1.165, 1.54) is 50.9 Å². The molecule has 1 aromatic rings. The zero-order valence-corrected chi connectivity index (χ0v) is 16.6. The van der Waals surface area contributed by atoms with Gasteiger partial charge in [0.1, 0.15) is 5.82 Å². The van der Waals surface area contributed by atoms with Gasteiger partial charge in [0, 0.05) is 32.0 Å². The van der Waals surface area contributed by atoms with Crippen molar-refractivity contribution < 1.29 is 14.0 Å². The van der Waals surface area contributed by atoms with Crippen molar-refractivity contribution in [2.45, 2.75) is 44.6 Å². The third-order valence-corrected chi connectivity index (χ3v) is 6.76. The van der Waals surface area contributed by atoms with Gasteiger partial charge in [0.05, 0.1) is 12.0 Å². The van der Waals surface area contributed by atoms with E-state index in [1.54, 1.807) is 24.1 Å². The Hall–Kier alpha value is -1.95. The number of likely N-dealkylation sites (tertiary alicyclic amines) is 2. The number of nitrogens with zero attached hydrogens (tertiary/aromatic N) is 2. The van der Waals surface area contributed by atoms with Crippen LogP contribution >= 0.6 is 0 Å². The van der Waals surface area contributed by atoms with Gasteiger partial charge in [-0.05, 0) is 62.9 Å². The number of piperidine rings is 1. The van der Waals surface area contributed by atoms with Crippen molar-refractivity contribution in [1.82, 2.24) is 15.1 Å². The van der Waals surface area contributed by atoms with Crippen molar-refractivity contribution in [3.05, 3.63) is 35.6 Å². The summed E-state index contributed by atoms with van der Waals surface area (Å²) in [6.07, 6.45) is 5.83. The summed E-state index contributed by atoms with van der Waals surface area (Å²) in [4.78, 5) is 29.5. The Kier molecular flexibility index (Phi) is 5.41. The van der Waals surface area contributed by atoms with E-state index >= 15 is 0 Å². The molecule has 2 aliphatic heterocycles. The number of hydrogen-bond donors (Lipinski definition) is 1. The summed E-state index contributed by atoms with van der Waals surface area (Å²) in [6.45, 7) is 4.15. The molecule has 28 heavy (non-hydrogen) atoms. The second-order valence-corrected chi connectivity index (χ2v) is 8.85. The lowest BCUT2D eigenvalue weighted by atomic mass is 9.84. The number of hydrogen-bond acceptors (Lipinski definition) is 3. The monoisotopic (exact) mass is 387 g/mol. The van der Waals surface area contributed by atoms with Crippen LogP contribution in [0.1, 0.15) is 50.1 Å². The van der Waals surface area contributed by atoms with E-state index in [0.29, 0.717) is 19.4 Å². The molecule has 0 spiro atoms. The Labute approximate surface area is 166 Å². The molecule has 0 bridgehead atoms. The molecule has 5 nitrogen and oxygen atoms in total. The van der Waals surface area contributed by atoms with Crippen LogP contribution in [-0.4, -0.2) is 54.8 Å².